The Balaban J connectivity index is 2.31. The normalized spacial score (nSPS) is 34.9. The van der Waals surface area contributed by atoms with Gasteiger partial charge in [0.25, 0.3) is 0 Å². The average molecular weight is 210 g/mol. The summed E-state index contributed by atoms with van der Waals surface area (Å²) in [6.45, 7) is 10.2. The standard InChI is InChI=1S/C12H18O3/c1-3-12(4-2)11(9-14-10-15-12)6-5-7-13-8-11/h3-4H,1-2,5-10H2. The summed E-state index contributed by atoms with van der Waals surface area (Å²) in [5, 5.41) is 0. The van der Waals surface area contributed by atoms with Crippen molar-refractivity contribution >= 4 is 0 Å². The summed E-state index contributed by atoms with van der Waals surface area (Å²) in [4.78, 5) is 0. The van der Waals surface area contributed by atoms with Gasteiger partial charge in [-0.15, -0.1) is 0 Å². The highest BCUT2D eigenvalue weighted by molar-refractivity contribution is 5.20. The van der Waals surface area contributed by atoms with Gasteiger partial charge in [-0.3, -0.25) is 0 Å². The van der Waals surface area contributed by atoms with Gasteiger partial charge in [0.2, 0.25) is 0 Å². The fourth-order valence-corrected chi connectivity index (χ4v) is 2.55. The quantitative estimate of drug-likeness (QED) is 0.651. The largest absolute Gasteiger partial charge is 0.381 e. The van der Waals surface area contributed by atoms with Gasteiger partial charge in [0.05, 0.1) is 18.6 Å². The first-order valence-corrected chi connectivity index (χ1v) is 5.35. The fraction of sp³-hybridized carbons (Fsp3) is 0.667. The summed E-state index contributed by atoms with van der Waals surface area (Å²) in [5.74, 6) is 0. The van der Waals surface area contributed by atoms with Crippen molar-refractivity contribution in [2.24, 2.45) is 5.41 Å². The van der Waals surface area contributed by atoms with E-state index in [2.05, 4.69) is 13.2 Å². The van der Waals surface area contributed by atoms with Crippen LogP contribution in [0.4, 0.5) is 0 Å². The molecule has 0 aromatic heterocycles. The van der Waals surface area contributed by atoms with Crippen LogP contribution in [0.2, 0.25) is 0 Å². The lowest BCUT2D eigenvalue weighted by Crippen LogP contribution is -2.58. The van der Waals surface area contributed by atoms with E-state index in [0.29, 0.717) is 20.0 Å². The summed E-state index contributed by atoms with van der Waals surface area (Å²) >= 11 is 0. The van der Waals surface area contributed by atoms with Crippen molar-refractivity contribution in [1.82, 2.24) is 0 Å². The molecule has 3 heteroatoms. The number of hydrogen-bond donors (Lipinski definition) is 0. The lowest BCUT2D eigenvalue weighted by Gasteiger charge is -2.51. The number of hydrogen-bond acceptors (Lipinski definition) is 3. The zero-order chi connectivity index (χ0) is 10.8. The van der Waals surface area contributed by atoms with Crippen LogP contribution >= 0.6 is 0 Å². The van der Waals surface area contributed by atoms with Gasteiger partial charge in [-0.2, -0.15) is 0 Å². The maximum Gasteiger partial charge on any atom is 0.148 e. The van der Waals surface area contributed by atoms with Crippen LogP contribution in [0.5, 0.6) is 0 Å². The SMILES string of the molecule is C=CC1(C=C)OCOCC12CCCOC2. The molecule has 2 fully saturated rings. The molecule has 2 rings (SSSR count). The minimum atomic E-state index is -0.494. The molecule has 3 nitrogen and oxygen atoms in total. The highest BCUT2D eigenvalue weighted by Gasteiger charge is 2.52. The van der Waals surface area contributed by atoms with Crippen molar-refractivity contribution in [3.05, 3.63) is 25.3 Å². The molecule has 2 heterocycles. The molecule has 0 saturated carbocycles. The van der Waals surface area contributed by atoms with E-state index in [9.17, 15) is 0 Å². The van der Waals surface area contributed by atoms with Crippen LogP contribution in [0.1, 0.15) is 12.8 Å². The lowest BCUT2D eigenvalue weighted by molar-refractivity contribution is -0.252. The molecule has 0 radical (unpaired) electrons. The van der Waals surface area contributed by atoms with Crippen LogP contribution < -0.4 is 0 Å². The molecule has 0 amide bonds. The summed E-state index contributed by atoms with van der Waals surface area (Å²) in [7, 11) is 0. The maximum absolute atomic E-state index is 5.72. The smallest absolute Gasteiger partial charge is 0.148 e. The Morgan fingerprint density at radius 1 is 1.07 bits per heavy atom. The summed E-state index contributed by atoms with van der Waals surface area (Å²) in [6.07, 6.45) is 5.73. The van der Waals surface area contributed by atoms with Crippen molar-refractivity contribution in [3.63, 3.8) is 0 Å². The van der Waals surface area contributed by atoms with Crippen molar-refractivity contribution in [2.75, 3.05) is 26.6 Å². The molecule has 1 unspecified atom stereocenters. The lowest BCUT2D eigenvalue weighted by atomic mass is 9.68. The van der Waals surface area contributed by atoms with Crippen LogP contribution in [0, 0.1) is 5.41 Å². The zero-order valence-corrected chi connectivity index (χ0v) is 9.04. The minimum absolute atomic E-state index is 0.132. The Labute approximate surface area is 90.7 Å². The second kappa shape index (κ2) is 4.08. The Bertz CT molecular complexity index is 237. The van der Waals surface area contributed by atoms with E-state index in [1.165, 1.54) is 0 Å². The first kappa shape index (κ1) is 10.9. The third kappa shape index (κ3) is 1.55. The first-order chi connectivity index (χ1) is 7.29. The van der Waals surface area contributed by atoms with Gasteiger partial charge >= 0.3 is 0 Å². The van der Waals surface area contributed by atoms with Crippen LogP contribution in [0.15, 0.2) is 25.3 Å². The van der Waals surface area contributed by atoms with Crippen molar-refractivity contribution in [1.29, 1.82) is 0 Å². The van der Waals surface area contributed by atoms with Crippen molar-refractivity contribution in [3.8, 4) is 0 Å². The van der Waals surface area contributed by atoms with Crippen LogP contribution in [0.3, 0.4) is 0 Å². The highest BCUT2D eigenvalue weighted by Crippen LogP contribution is 2.45. The Morgan fingerprint density at radius 2 is 1.80 bits per heavy atom. The molecule has 15 heavy (non-hydrogen) atoms. The molecule has 0 aliphatic carbocycles. The molecule has 1 atom stereocenters. The summed E-state index contributed by atoms with van der Waals surface area (Å²) in [6, 6.07) is 0. The highest BCUT2D eigenvalue weighted by atomic mass is 16.7. The van der Waals surface area contributed by atoms with Gasteiger partial charge in [0, 0.05) is 6.61 Å². The third-order valence-corrected chi connectivity index (χ3v) is 3.52. The summed E-state index contributed by atoms with van der Waals surface area (Å²) in [5.41, 5.74) is -0.626. The first-order valence-electron chi connectivity index (χ1n) is 5.35. The van der Waals surface area contributed by atoms with E-state index in [-0.39, 0.29) is 5.41 Å². The molecular formula is C12H18O3. The molecule has 2 aliphatic rings. The predicted molar refractivity (Wildman–Crippen MR) is 57.5 cm³/mol. The Hall–Kier alpha value is -0.640. The molecule has 0 bridgehead atoms. The number of ether oxygens (including phenoxy) is 3. The zero-order valence-electron chi connectivity index (χ0n) is 9.04. The van der Waals surface area contributed by atoms with Gasteiger partial charge < -0.3 is 14.2 Å². The molecule has 2 aliphatic heterocycles. The van der Waals surface area contributed by atoms with E-state index < -0.39 is 5.60 Å². The number of rotatable bonds is 2. The third-order valence-electron chi connectivity index (χ3n) is 3.52. The average Bonchev–Trinajstić information content (AvgIpc) is 2.31. The van der Waals surface area contributed by atoms with E-state index in [4.69, 9.17) is 14.2 Å². The monoisotopic (exact) mass is 210 g/mol. The predicted octanol–water partition coefficient (Wildman–Crippen LogP) is 1.90. The molecule has 84 valence electrons. The van der Waals surface area contributed by atoms with Crippen molar-refractivity contribution in [2.45, 2.75) is 18.4 Å². The maximum atomic E-state index is 5.72. The summed E-state index contributed by atoms with van der Waals surface area (Å²) < 4.78 is 16.7. The van der Waals surface area contributed by atoms with Crippen molar-refractivity contribution < 1.29 is 14.2 Å². The van der Waals surface area contributed by atoms with E-state index in [1.54, 1.807) is 0 Å². The minimum Gasteiger partial charge on any atom is -0.381 e. The van der Waals surface area contributed by atoms with Gasteiger partial charge in [-0.05, 0) is 12.8 Å². The van der Waals surface area contributed by atoms with E-state index >= 15 is 0 Å². The van der Waals surface area contributed by atoms with Crippen LogP contribution in [-0.2, 0) is 14.2 Å². The van der Waals surface area contributed by atoms with Crippen LogP contribution in [0.25, 0.3) is 0 Å². The van der Waals surface area contributed by atoms with Gasteiger partial charge in [-0.25, -0.2) is 0 Å². The fourth-order valence-electron chi connectivity index (χ4n) is 2.55. The molecule has 0 aromatic carbocycles. The van der Waals surface area contributed by atoms with Gasteiger partial charge in [0.15, 0.2) is 0 Å². The van der Waals surface area contributed by atoms with Crippen LogP contribution in [-0.4, -0.2) is 32.2 Å². The second-order valence-electron chi connectivity index (χ2n) is 4.25. The molecule has 1 spiro atoms. The second-order valence-corrected chi connectivity index (χ2v) is 4.25. The molecule has 2 saturated heterocycles. The topological polar surface area (TPSA) is 27.7 Å². The molecular weight excluding hydrogens is 192 g/mol. The molecule has 0 aromatic rings. The Morgan fingerprint density at radius 3 is 2.40 bits per heavy atom. The Kier molecular flexibility index (Phi) is 2.96. The van der Waals surface area contributed by atoms with E-state index in [1.807, 2.05) is 12.2 Å². The molecule has 0 N–H and O–H groups in total. The van der Waals surface area contributed by atoms with Gasteiger partial charge in [0.1, 0.15) is 12.4 Å². The van der Waals surface area contributed by atoms with Gasteiger partial charge in [-0.1, -0.05) is 25.3 Å². The van der Waals surface area contributed by atoms with E-state index in [0.717, 1.165) is 19.4 Å².